The first-order valence-electron chi connectivity index (χ1n) is 9.19. The number of nitrogens with one attached hydrogen (secondary N) is 2. The Morgan fingerprint density at radius 3 is 2.27 bits per heavy atom. The summed E-state index contributed by atoms with van der Waals surface area (Å²) in [6.07, 6.45) is 4.55. The molecule has 0 saturated heterocycles. The first-order valence-corrected chi connectivity index (χ1v) is 9.19. The zero-order valence-corrected chi connectivity index (χ0v) is 16.1. The van der Waals surface area contributed by atoms with Gasteiger partial charge in [0.25, 0.3) is 11.8 Å². The van der Waals surface area contributed by atoms with Crippen molar-refractivity contribution in [2.45, 2.75) is 6.92 Å². The van der Waals surface area contributed by atoms with Crippen LogP contribution in [0.4, 0.5) is 11.4 Å². The number of benzene rings is 2. The van der Waals surface area contributed by atoms with Gasteiger partial charge in [-0.25, -0.2) is 4.98 Å². The first-order chi connectivity index (χ1) is 14.6. The molecule has 2 aromatic carbocycles. The molecule has 0 spiro atoms. The lowest BCUT2D eigenvalue weighted by molar-refractivity contribution is 0.101. The molecule has 2 amide bonds. The normalized spacial score (nSPS) is 10.4. The van der Waals surface area contributed by atoms with Crippen LogP contribution >= 0.6 is 0 Å². The number of aromatic nitrogens is 4. The molecule has 0 radical (unpaired) electrons. The highest BCUT2D eigenvalue weighted by Crippen LogP contribution is 2.18. The lowest BCUT2D eigenvalue weighted by atomic mass is 10.1. The SMILES string of the molecule is Cc1ccccc1C(=O)Nc1cccc(NC(=O)c2ccnc(-n3cnnc3)c2)c1. The molecule has 4 rings (SSSR count). The average molecular weight is 398 g/mol. The van der Waals surface area contributed by atoms with Gasteiger partial charge in [0.1, 0.15) is 18.5 Å². The van der Waals surface area contributed by atoms with E-state index in [0.717, 1.165) is 5.56 Å². The van der Waals surface area contributed by atoms with Crippen molar-refractivity contribution in [1.29, 1.82) is 0 Å². The number of carbonyl (C=O) groups is 2. The molecule has 0 atom stereocenters. The van der Waals surface area contributed by atoms with Crippen LogP contribution in [0.15, 0.2) is 79.5 Å². The van der Waals surface area contributed by atoms with Gasteiger partial charge in [-0.2, -0.15) is 0 Å². The Kier molecular flexibility index (Phi) is 5.29. The van der Waals surface area contributed by atoms with Crippen LogP contribution in [-0.4, -0.2) is 31.6 Å². The maximum atomic E-state index is 12.7. The van der Waals surface area contributed by atoms with E-state index < -0.39 is 0 Å². The Labute approximate surface area is 172 Å². The van der Waals surface area contributed by atoms with Crippen molar-refractivity contribution in [3.8, 4) is 5.82 Å². The van der Waals surface area contributed by atoms with Gasteiger partial charge < -0.3 is 10.6 Å². The van der Waals surface area contributed by atoms with E-state index in [0.29, 0.717) is 28.3 Å². The summed E-state index contributed by atoms with van der Waals surface area (Å²) < 4.78 is 1.61. The molecule has 0 aliphatic heterocycles. The molecule has 8 heteroatoms. The van der Waals surface area contributed by atoms with Crippen LogP contribution < -0.4 is 10.6 Å². The van der Waals surface area contributed by atoms with E-state index in [1.807, 2.05) is 25.1 Å². The largest absolute Gasteiger partial charge is 0.322 e. The minimum absolute atomic E-state index is 0.204. The second-order valence-electron chi connectivity index (χ2n) is 6.58. The highest BCUT2D eigenvalue weighted by Gasteiger charge is 2.11. The number of rotatable bonds is 5. The van der Waals surface area contributed by atoms with Crippen molar-refractivity contribution in [3.63, 3.8) is 0 Å². The molecule has 0 aliphatic rings. The number of hydrogen-bond acceptors (Lipinski definition) is 5. The zero-order chi connectivity index (χ0) is 20.9. The van der Waals surface area contributed by atoms with Crippen LogP contribution in [0.25, 0.3) is 5.82 Å². The third kappa shape index (κ3) is 4.22. The fourth-order valence-corrected chi connectivity index (χ4v) is 2.92. The molecule has 8 nitrogen and oxygen atoms in total. The van der Waals surface area contributed by atoms with Crippen molar-refractivity contribution in [3.05, 3.63) is 96.2 Å². The van der Waals surface area contributed by atoms with Gasteiger partial charge in [-0.1, -0.05) is 24.3 Å². The lowest BCUT2D eigenvalue weighted by Crippen LogP contribution is -2.15. The predicted octanol–water partition coefficient (Wildman–Crippen LogP) is 3.48. The summed E-state index contributed by atoms with van der Waals surface area (Å²) >= 11 is 0. The van der Waals surface area contributed by atoms with Crippen LogP contribution in [0.1, 0.15) is 26.3 Å². The fraction of sp³-hybridized carbons (Fsp3) is 0.0455. The standard InChI is InChI=1S/C22H18N6O2/c1-15-5-2-3-8-19(15)22(30)27-18-7-4-6-17(12-18)26-21(29)16-9-10-23-20(11-16)28-13-24-25-14-28/h2-14H,1H3,(H,26,29)(H,27,30). The predicted molar refractivity (Wildman–Crippen MR) is 113 cm³/mol. The molecular weight excluding hydrogens is 380 g/mol. The van der Waals surface area contributed by atoms with Crippen LogP contribution in [0.3, 0.4) is 0 Å². The topological polar surface area (TPSA) is 102 Å². The summed E-state index contributed by atoms with van der Waals surface area (Å²) in [6, 6.07) is 17.6. The maximum Gasteiger partial charge on any atom is 0.255 e. The van der Waals surface area contributed by atoms with Crippen molar-refractivity contribution < 1.29 is 9.59 Å². The molecule has 0 fully saturated rings. The summed E-state index contributed by atoms with van der Waals surface area (Å²) in [5, 5.41) is 13.2. The Morgan fingerprint density at radius 2 is 1.53 bits per heavy atom. The second-order valence-corrected chi connectivity index (χ2v) is 6.58. The Bertz CT molecular complexity index is 1200. The number of carbonyl (C=O) groups excluding carboxylic acids is 2. The average Bonchev–Trinajstić information content (AvgIpc) is 3.29. The molecule has 2 aromatic heterocycles. The molecule has 0 bridgehead atoms. The van der Waals surface area contributed by atoms with E-state index in [4.69, 9.17) is 0 Å². The molecule has 2 N–H and O–H groups in total. The molecule has 0 saturated carbocycles. The first kappa shape index (κ1) is 19.0. The van der Waals surface area contributed by atoms with Crippen molar-refractivity contribution in [2.24, 2.45) is 0 Å². The van der Waals surface area contributed by atoms with E-state index in [-0.39, 0.29) is 11.8 Å². The summed E-state index contributed by atoms with van der Waals surface area (Å²) in [4.78, 5) is 29.4. The third-order valence-corrected chi connectivity index (χ3v) is 4.46. The maximum absolute atomic E-state index is 12.7. The number of pyridine rings is 1. The van der Waals surface area contributed by atoms with E-state index >= 15 is 0 Å². The molecule has 2 heterocycles. The molecule has 0 unspecified atom stereocenters. The molecule has 0 aliphatic carbocycles. The van der Waals surface area contributed by atoms with Gasteiger partial charge in [-0.3, -0.25) is 14.2 Å². The summed E-state index contributed by atoms with van der Waals surface area (Å²) in [7, 11) is 0. The van der Waals surface area contributed by atoms with Crippen molar-refractivity contribution >= 4 is 23.2 Å². The van der Waals surface area contributed by atoms with E-state index in [1.54, 1.807) is 53.2 Å². The van der Waals surface area contributed by atoms with Crippen molar-refractivity contribution in [2.75, 3.05) is 10.6 Å². The van der Waals surface area contributed by atoms with Gasteiger partial charge in [-0.15, -0.1) is 10.2 Å². The lowest BCUT2D eigenvalue weighted by Gasteiger charge is -2.10. The summed E-state index contributed by atoms with van der Waals surface area (Å²) in [5.41, 5.74) is 3.07. The van der Waals surface area contributed by atoms with Gasteiger partial charge >= 0.3 is 0 Å². The number of aryl methyl sites for hydroxylation is 1. The highest BCUT2D eigenvalue weighted by atomic mass is 16.2. The highest BCUT2D eigenvalue weighted by molar-refractivity contribution is 6.07. The van der Waals surface area contributed by atoms with Gasteiger partial charge in [0.2, 0.25) is 0 Å². The van der Waals surface area contributed by atoms with Crippen LogP contribution in [0.2, 0.25) is 0 Å². The van der Waals surface area contributed by atoms with Crippen LogP contribution in [-0.2, 0) is 0 Å². The fourth-order valence-electron chi connectivity index (χ4n) is 2.92. The van der Waals surface area contributed by atoms with Gasteiger partial charge in [-0.05, 0) is 48.9 Å². The minimum atomic E-state index is -0.297. The molecule has 30 heavy (non-hydrogen) atoms. The number of nitrogens with zero attached hydrogens (tertiary/aromatic N) is 4. The smallest absolute Gasteiger partial charge is 0.255 e. The number of hydrogen-bond donors (Lipinski definition) is 2. The molecular formula is C22H18N6O2. The summed E-state index contributed by atoms with van der Waals surface area (Å²) in [6.45, 7) is 1.88. The number of anilines is 2. The molecule has 4 aromatic rings. The Morgan fingerprint density at radius 1 is 0.833 bits per heavy atom. The van der Waals surface area contributed by atoms with Crippen LogP contribution in [0, 0.1) is 6.92 Å². The number of amides is 2. The van der Waals surface area contributed by atoms with Gasteiger partial charge in [0.15, 0.2) is 0 Å². The van der Waals surface area contributed by atoms with E-state index in [1.165, 1.54) is 12.7 Å². The summed E-state index contributed by atoms with van der Waals surface area (Å²) in [5.74, 6) is 0.0327. The van der Waals surface area contributed by atoms with Gasteiger partial charge in [0, 0.05) is 28.7 Å². The Hall–Kier alpha value is -4.33. The minimum Gasteiger partial charge on any atom is -0.322 e. The van der Waals surface area contributed by atoms with E-state index in [2.05, 4.69) is 25.8 Å². The van der Waals surface area contributed by atoms with E-state index in [9.17, 15) is 9.59 Å². The second kappa shape index (κ2) is 8.36. The van der Waals surface area contributed by atoms with Crippen molar-refractivity contribution in [1.82, 2.24) is 19.7 Å². The monoisotopic (exact) mass is 398 g/mol. The Balaban J connectivity index is 1.48. The third-order valence-electron chi connectivity index (χ3n) is 4.46. The van der Waals surface area contributed by atoms with Gasteiger partial charge in [0.05, 0.1) is 0 Å². The molecule has 148 valence electrons. The zero-order valence-electron chi connectivity index (χ0n) is 16.1. The van der Waals surface area contributed by atoms with Crippen LogP contribution in [0.5, 0.6) is 0 Å². The quantitative estimate of drug-likeness (QED) is 0.536.